The number of halogens is 1. The van der Waals surface area contributed by atoms with Crippen LogP contribution in [-0.4, -0.2) is 32.1 Å². The van der Waals surface area contributed by atoms with Gasteiger partial charge in [-0.05, 0) is 31.8 Å². The first kappa shape index (κ1) is 14.2. The number of nitrogens with zero attached hydrogens (tertiary/aromatic N) is 1. The van der Waals surface area contributed by atoms with Crippen LogP contribution < -0.4 is 11.1 Å². The number of rotatable bonds is 5. The second kappa shape index (κ2) is 7.51. The van der Waals surface area contributed by atoms with Crippen molar-refractivity contribution in [2.24, 2.45) is 5.73 Å². The van der Waals surface area contributed by atoms with Gasteiger partial charge in [0.25, 0.3) is 0 Å². The third-order valence-electron chi connectivity index (χ3n) is 2.08. The molecule has 3 N–H and O–H groups in total. The zero-order chi connectivity index (χ0) is 10.4. The summed E-state index contributed by atoms with van der Waals surface area (Å²) < 4.78 is 0. The molecule has 0 aliphatic heterocycles. The molecule has 3 nitrogen and oxygen atoms in total. The Balaban J connectivity index is 0.00000196. The van der Waals surface area contributed by atoms with Crippen molar-refractivity contribution in [2.75, 3.05) is 32.5 Å². The smallest absolute Gasteiger partial charge is 0.0340 e. The lowest BCUT2D eigenvalue weighted by atomic mass is 10.2. The molecule has 0 heterocycles. The fourth-order valence-electron chi connectivity index (χ4n) is 1.18. The number of anilines is 1. The second-order valence-electron chi connectivity index (χ2n) is 3.63. The van der Waals surface area contributed by atoms with E-state index in [1.165, 1.54) is 5.56 Å². The lowest BCUT2D eigenvalue weighted by Crippen LogP contribution is -2.20. The SMILES string of the molecule is CN(C)CCNc1ccc(CN)cc1.Cl. The van der Waals surface area contributed by atoms with Gasteiger partial charge in [0, 0.05) is 25.3 Å². The van der Waals surface area contributed by atoms with Crippen molar-refractivity contribution >= 4 is 18.1 Å². The molecule has 0 amide bonds. The standard InChI is InChI=1S/C11H19N3.ClH/c1-14(2)8-7-13-11-5-3-10(9-12)4-6-11;/h3-6,13H,7-9,12H2,1-2H3;1H. The molecule has 1 rings (SSSR count). The van der Waals surface area contributed by atoms with E-state index in [-0.39, 0.29) is 12.4 Å². The minimum absolute atomic E-state index is 0. The average molecular weight is 230 g/mol. The highest BCUT2D eigenvalue weighted by Gasteiger charge is 1.93. The van der Waals surface area contributed by atoms with Crippen LogP contribution in [0, 0.1) is 0 Å². The Hall–Kier alpha value is -0.770. The van der Waals surface area contributed by atoms with Crippen molar-refractivity contribution in [2.45, 2.75) is 6.54 Å². The maximum absolute atomic E-state index is 5.51. The number of nitrogens with two attached hydrogens (primary N) is 1. The molecule has 0 bridgehead atoms. The Morgan fingerprint density at radius 1 is 1.20 bits per heavy atom. The van der Waals surface area contributed by atoms with Gasteiger partial charge in [0.1, 0.15) is 0 Å². The van der Waals surface area contributed by atoms with Crippen LogP contribution in [0.5, 0.6) is 0 Å². The first-order chi connectivity index (χ1) is 6.72. The first-order valence-corrected chi connectivity index (χ1v) is 4.90. The Labute approximate surface area is 98.1 Å². The van der Waals surface area contributed by atoms with Crippen LogP contribution in [0.15, 0.2) is 24.3 Å². The Morgan fingerprint density at radius 3 is 2.27 bits per heavy atom. The third kappa shape index (κ3) is 5.62. The fourth-order valence-corrected chi connectivity index (χ4v) is 1.18. The van der Waals surface area contributed by atoms with Crippen LogP contribution in [0.2, 0.25) is 0 Å². The fraction of sp³-hybridized carbons (Fsp3) is 0.455. The van der Waals surface area contributed by atoms with Crippen molar-refractivity contribution in [1.29, 1.82) is 0 Å². The van der Waals surface area contributed by atoms with Gasteiger partial charge in [0.05, 0.1) is 0 Å². The number of likely N-dealkylation sites (N-methyl/N-ethyl adjacent to an activating group) is 1. The minimum atomic E-state index is 0. The van der Waals surface area contributed by atoms with Gasteiger partial charge < -0.3 is 16.0 Å². The Morgan fingerprint density at radius 2 is 1.80 bits per heavy atom. The van der Waals surface area contributed by atoms with Crippen LogP contribution in [0.3, 0.4) is 0 Å². The summed E-state index contributed by atoms with van der Waals surface area (Å²) in [5.41, 5.74) is 7.84. The highest BCUT2D eigenvalue weighted by Crippen LogP contribution is 2.08. The Bertz CT molecular complexity index is 259. The van der Waals surface area contributed by atoms with Crippen LogP contribution in [0.25, 0.3) is 0 Å². The molecule has 0 radical (unpaired) electrons. The van der Waals surface area contributed by atoms with E-state index in [1.54, 1.807) is 0 Å². The van der Waals surface area contributed by atoms with Gasteiger partial charge in [-0.15, -0.1) is 12.4 Å². The van der Waals surface area contributed by atoms with Crippen molar-refractivity contribution in [3.05, 3.63) is 29.8 Å². The van der Waals surface area contributed by atoms with Crippen molar-refractivity contribution in [3.8, 4) is 0 Å². The highest BCUT2D eigenvalue weighted by atomic mass is 35.5. The summed E-state index contributed by atoms with van der Waals surface area (Å²) in [5, 5.41) is 3.34. The van der Waals surface area contributed by atoms with Crippen molar-refractivity contribution in [1.82, 2.24) is 4.90 Å². The van der Waals surface area contributed by atoms with Gasteiger partial charge in [-0.2, -0.15) is 0 Å². The summed E-state index contributed by atoms with van der Waals surface area (Å²) in [5.74, 6) is 0. The molecule has 1 aromatic carbocycles. The average Bonchev–Trinajstić information content (AvgIpc) is 2.18. The van der Waals surface area contributed by atoms with Crippen molar-refractivity contribution < 1.29 is 0 Å². The molecule has 0 atom stereocenters. The first-order valence-electron chi connectivity index (χ1n) is 4.90. The molecule has 0 unspecified atom stereocenters. The van der Waals surface area contributed by atoms with E-state index >= 15 is 0 Å². The zero-order valence-corrected chi connectivity index (χ0v) is 10.2. The predicted molar refractivity (Wildman–Crippen MR) is 68.6 cm³/mol. The number of hydrogen-bond donors (Lipinski definition) is 2. The van der Waals surface area contributed by atoms with E-state index in [0.29, 0.717) is 6.54 Å². The lowest BCUT2D eigenvalue weighted by Gasteiger charge is -2.11. The van der Waals surface area contributed by atoms with Crippen LogP contribution in [-0.2, 0) is 6.54 Å². The maximum atomic E-state index is 5.51. The summed E-state index contributed by atoms with van der Waals surface area (Å²) in [4.78, 5) is 2.15. The zero-order valence-electron chi connectivity index (χ0n) is 9.36. The molecule has 1 aromatic rings. The van der Waals surface area contributed by atoms with E-state index < -0.39 is 0 Å². The summed E-state index contributed by atoms with van der Waals surface area (Å²) in [6.07, 6.45) is 0. The molecule has 86 valence electrons. The van der Waals surface area contributed by atoms with Gasteiger partial charge in [-0.1, -0.05) is 12.1 Å². The molecule has 15 heavy (non-hydrogen) atoms. The number of nitrogens with one attached hydrogen (secondary N) is 1. The van der Waals surface area contributed by atoms with Gasteiger partial charge >= 0.3 is 0 Å². The quantitative estimate of drug-likeness (QED) is 0.805. The molecular formula is C11H20ClN3. The van der Waals surface area contributed by atoms with E-state index in [1.807, 2.05) is 0 Å². The molecule has 0 fully saturated rings. The van der Waals surface area contributed by atoms with Crippen LogP contribution in [0.1, 0.15) is 5.56 Å². The highest BCUT2D eigenvalue weighted by molar-refractivity contribution is 5.85. The third-order valence-corrected chi connectivity index (χ3v) is 2.08. The van der Waals surface area contributed by atoms with Gasteiger partial charge in [-0.3, -0.25) is 0 Å². The summed E-state index contributed by atoms with van der Waals surface area (Å²) in [7, 11) is 4.14. The van der Waals surface area contributed by atoms with Crippen LogP contribution in [0.4, 0.5) is 5.69 Å². The van der Waals surface area contributed by atoms with Gasteiger partial charge in [0.2, 0.25) is 0 Å². The maximum Gasteiger partial charge on any atom is 0.0340 e. The van der Waals surface area contributed by atoms with Crippen LogP contribution >= 0.6 is 12.4 Å². The Kier molecular flexibility index (Phi) is 7.13. The molecule has 0 aliphatic carbocycles. The summed E-state index contributed by atoms with van der Waals surface area (Å²) in [6, 6.07) is 8.24. The van der Waals surface area contributed by atoms with Crippen molar-refractivity contribution in [3.63, 3.8) is 0 Å². The monoisotopic (exact) mass is 229 g/mol. The molecule has 0 spiro atoms. The second-order valence-corrected chi connectivity index (χ2v) is 3.63. The van der Waals surface area contributed by atoms with E-state index in [4.69, 9.17) is 5.73 Å². The van der Waals surface area contributed by atoms with E-state index in [0.717, 1.165) is 18.8 Å². The van der Waals surface area contributed by atoms with E-state index in [2.05, 4.69) is 48.6 Å². The largest absolute Gasteiger partial charge is 0.384 e. The van der Waals surface area contributed by atoms with Gasteiger partial charge in [-0.25, -0.2) is 0 Å². The number of hydrogen-bond acceptors (Lipinski definition) is 3. The predicted octanol–water partition coefficient (Wildman–Crippen LogP) is 1.54. The number of benzene rings is 1. The van der Waals surface area contributed by atoms with E-state index in [9.17, 15) is 0 Å². The normalized spacial score (nSPS) is 9.87. The molecular weight excluding hydrogens is 210 g/mol. The summed E-state index contributed by atoms with van der Waals surface area (Å²) in [6.45, 7) is 2.62. The van der Waals surface area contributed by atoms with Gasteiger partial charge in [0.15, 0.2) is 0 Å². The molecule has 0 aliphatic rings. The molecule has 0 saturated heterocycles. The molecule has 0 aromatic heterocycles. The molecule has 4 heteroatoms. The summed E-state index contributed by atoms with van der Waals surface area (Å²) >= 11 is 0. The minimum Gasteiger partial charge on any atom is -0.384 e. The topological polar surface area (TPSA) is 41.3 Å². The molecule has 0 saturated carbocycles. The lowest BCUT2D eigenvalue weighted by molar-refractivity contribution is 0.425.